The van der Waals surface area contributed by atoms with Gasteiger partial charge in [-0.3, -0.25) is 14.6 Å². The highest BCUT2D eigenvalue weighted by Gasteiger charge is 2.31. The minimum absolute atomic E-state index is 0.103. The predicted octanol–water partition coefficient (Wildman–Crippen LogP) is 3.71. The van der Waals surface area contributed by atoms with Gasteiger partial charge in [-0.25, -0.2) is 0 Å². The molecular formula is C21H18N2O3. The molecular weight excluding hydrogens is 328 g/mol. The molecule has 1 atom stereocenters. The van der Waals surface area contributed by atoms with E-state index in [0.29, 0.717) is 5.69 Å². The summed E-state index contributed by atoms with van der Waals surface area (Å²) in [5, 5.41) is 3.76. The number of benzene rings is 2. The maximum Gasteiger partial charge on any atom is 0.314 e. The zero-order valence-corrected chi connectivity index (χ0v) is 14.4. The van der Waals surface area contributed by atoms with Gasteiger partial charge in [-0.15, -0.1) is 0 Å². The van der Waals surface area contributed by atoms with Crippen molar-refractivity contribution in [2.45, 2.75) is 25.9 Å². The fourth-order valence-corrected chi connectivity index (χ4v) is 3.39. The average Bonchev–Trinajstić information content (AvgIpc) is 2.65. The molecule has 1 N–H and O–H groups in total. The molecule has 4 rings (SSSR count). The third-order valence-electron chi connectivity index (χ3n) is 4.58. The van der Waals surface area contributed by atoms with Crippen LogP contribution in [0.1, 0.15) is 29.2 Å². The number of anilines is 1. The first-order chi connectivity index (χ1) is 12.6. The first-order valence-electron chi connectivity index (χ1n) is 8.52. The van der Waals surface area contributed by atoms with Crippen LogP contribution >= 0.6 is 0 Å². The van der Waals surface area contributed by atoms with Crippen LogP contribution < -0.4 is 5.32 Å². The van der Waals surface area contributed by atoms with Crippen LogP contribution in [0.25, 0.3) is 10.9 Å². The van der Waals surface area contributed by atoms with Crippen LogP contribution in [-0.2, 0) is 20.9 Å². The number of aromatic nitrogens is 1. The van der Waals surface area contributed by atoms with E-state index in [2.05, 4.69) is 10.3 Å². The van der Waals surface area contributed by atoms with Crippen molar-refractivity contribution >= 4 is 28.5 Å². The number of ether oxygens (including phenoxy) is 1. The smallest absolute Gasteiger partial charge is 0.314 e. The van der Waals surface area contributed by atoms with Crippen LogP contribution in [0.15, 0.2) is 54.6 Å². The molecule has 26 heavy (non-hydrogen) atoms. The van der Waals surface area contributed by atoms with E-state index < -0.39 is 5.92 Å². The van der Waals surface area contributed by atoms with Crippen LogP contribution in [0.4, 0.5) is 5.69 Å². The van der Waals surface area contributed by atoms with Crippen molar-refractivity contribution in [2.75, 3.05) is 5.32 Å². The second kappa shape index (κ2) is 6.59. The maximum atomic E-state index is 12.7. The summed E-state index contributed by atoms with van der Waals surface area (Å²) in [6.45, 7) is 2.07. The number of aryl methyl sites for hydroxylation is 1. The lowest BCUT2D eigenvalue weighted by Crippen LogP contribution is -2.28. The number of nitrogens with one attached hydrogen (secondary N) is 1. The van der Waals surface area contributed by atoms with Crippen molar-refractivity contribution in [1.29, 1.82) is 0 Å². The molecule has 3 aromatic rings. The lowest BCUT2D eigenvalue weighted by atomic mass is 9.91. The molecule has 0 aliphatic carbocycles. The second-order valence-electron chi connectivity index (χ2n) is 6.44. The van der Waals surface area contributed by atoms with Crippen molar-refractivity contribution < 1.29 is 14.3 Å². The summed E-state index contributed by atoms with van der Waals surface area (Å²) in [6, 6.07) is 17.0. The third kappa shape index (κ3) is 3.04. The summed E-state index contributed by atoms with van der Waals surface area (Å²) in [5.74, 6) is -1.13. The molecule has 1 aliphatic heterocycles. The molecule has 0 radical (unpaired) electrons. The van der Waals surface area contributed by atoms with Crippen LogP contribution in [-0.4, -0.2) is 16.9 Å². The Labute approximate surface area is 151 Å². The number of amides is 1. The van der Waals surface area contributed by atoms with E-state index in [1.54, 1.807) is 6.07 Å². The van der Waals surface area contributed by atoms with Gasteiger partial charge in [0.15, 0.2) is 0 Å². The number of esters is 1. The van der Waals surface area contributed by atoms with Gasteiger partial charge in [-0.2, -0.15) is 0 Å². The first kappa shape index (κ1) is 16.3. The lowest BCUT2D eigenvalue weighted by molar-refractivity contribution is -0.148. The van der Waals surface area contributed by atoms with E-state index in [1.165, 1.54) is 0 Å². The quantitative estimate of drug-likeness (QED) is 0.734. The summed E-state index contributed by atoms with van der Waals surface area (Å²) in [6.07, 6.45) is 0.103. The number of fused-ring (bicyclic) bond motifs is 2. The van der Waals surface area contributed by atoms with Crippen LogP contribution in [0, 0.1) is 6.92 Å². The van der Waals surface area contributed by atoms with Gasteiger partial charge in [0.05, 0.1) is 11.4 Å². The van der Waals surface area contributed by atoms with Crippen LogP contribution in [0.5, 0.6) is 0 Å². The molecule has 130 valence electrons. The highest BCUT2D eigenvalue weighted by Crippen LogP contribution is 2.33. The van der Waals surface area contributed by atoms with Crippen molar-refractivity contribution in [3.05, 3.63) is 71.4 Å². The summed E-state index contributed by atoms with van der Waals surface area (Å²) in [5.41, 5.74) is 4.14. The number of carbonyl (C=O) groups is 2. The molecule has 0 fully saturated rings. The van der Waals surface area contributed by atoms with Gasteiger partial charge in [0, 0.05) is 28.8 Å². The molecule has 0 spiro atoms. The molecule has 1 aliphatic rings. The fourth-order valence-electron chi connectivity index (χ4n) is 3.39. The summed E-state index contributed by atoms with van der Waals surface area (Å²) < 4.78 is 5.59. The summed E-state index contributed by atoms with van der Waals surface area (Å²) >= 11 is 0. The Bertz CT molecular complexity index is 1010. The molecule has 5 nitrogen and oxygen atoms in total. The monoisotopic (exact) mass is 346 g/mol. The van der Waals surface area contributed by atoms with Gasteiger partial charge >= 0.3 is 5.97 Å². The van der Waals surface area contributed by atoms with Crippen molar-refractivity contribution in [3.8, 4) is 0 Å². The molecule has 0 bridgehead atoms. The highest BCUT2D eigenvalue weighted by molar-refractivity contribution is 6.00. The molecule has 5 heteroatoms. The number of pyridine rings is 1. The minimum atomic E-state index is -0.575. The number of hydrogen-bond donors (Lipinski definition) is 1. The first-order valence-corrected chi connectivity index (χ1v) is 8.52. The topological polar surface area (TPSA) is 68.3 Å². The van der Waals surface area contributed by atoms with E-state index in [9.17, 15) is 9.59 Å². The number of carbonyl (C=O) groups excluding carboxylic acids is 2. The molecule has 1 aromatic heterocycles. The SMILES string of the molecule is Cc1cc(COC(=O)[C@H]2CC(=O)Nc3ccccc32)c2ccccc2n1. The van der Waals surface area contributed by atoms with Gasteiger partial charge in [-0.05, 0) is 30.7 Å². The Morgan fingerprint density at radius 3 is 2.85 bits per heavy atom. The number of hydrogen-bond acceptors (Lipinski definition) is 4. The number of rotatable bonds is 3. The Morgan fingerprint density at radius 2 is 1.96 bits per heavy atom. The largest absolute Gasteiger partial charge is 0.460 e. The van der Waals surface area contributed by atoms with Crippen molar-refractivity contribution in [3.63, 3.8) is 0 Å². The third-order valence-corrected chi connectivity index (χ3v) is 4.58. The average molecular weight is 346 g/mol. The number of para-hydroxylation sites is 2. The van der Waals surface area contributed by atoms with Gasteiger partial charge < -0.3 is 10.1 Å². The van der Waals surface area contributed by atoms with Gasteiger partial charge in [0.2, 0.25) is 5.91 Å². The second-order valence-corrected chi connectivity index (χ2v) is 6.44. The van der Waals surface area contributed by atoms with E-state index in [0.717, 1.165) is 27.7 Å². The Hall–Kier alpha value is -3.21. The van der Waals surface area contributed by atoms with Crippen LogP contribution in [0.3, 0.4) is 0 Å². The highest BCUT2D eigenvalue weighted by atomic mass is 16.5. The Kier molecular flexibility index (Phi) is 4.13. The standard InChI is InChI=1S/C21H18N2O3/c1-13-10-14(15-6-2-4-8-18(15)22-13)12-26-21(25)17-11-20(24)23-19-9-5-3-7-16(17)19/h2-10,17H,11-12H2,1H3,(H,23,24)/t17-/m0/s1. The lowest BCUT2D eigenvalue weighted by Gasteiger charge is -2.24. The van der Waals surface area contributed by atoms with Crippen molar-refractivity contribution in [1.82, 2.24) is 4.98 Å². The Morgan fingerprint density at radius 1 is 1.19 bits per heavy atom. The van der Waals surface area contributed by atoms with E-state index in [1.807, 2.05) is 55.5 Å². The zero-order valence-electron chi connectivity index (χ0n) is 14.4. The normalized spacial score (nSPS) is 16.0. The fraction of sp³-hybridized carbons (Fsp3) is 0.190. The molecule has 2 aromatic carbocycles. The van der Waals surface area contributed by atoms with E-state index in [-0.39, 0.29) is 24.9 Å². The zero-order chi connectivity index (χ0) is 18.1. The van der Waals surface area contributed by atoms with Crippen LogP contribution in [0.2, 0.25) is 0 Å². The molecule has 0 saturated heterocycles. The molecule has 1 amide bonds. The summed E-state index contributed by atoms with van der Waals surface area (Å²) in [4.78, 5) is 29.1. The van der Waals surface area contributed by atoms with Gasteiger partial charge in [0.1, 0.15) is 6.61 Å². The molecule has 0 unspecified atom stereocenters. The van der Waals surface area contributed by atoms with Crippen molar-refractivity contribution in [2.24, 2.45) is 0 Å². The minimum Gasteiger partial charge on any atom is -0.460 e. The molecule has 2 heterocycles. The van der Waals surface area contributed by atoms with E-state index in [4.69, 9.17) is 4.74 Å². The van der Waals surface area contributed by atoms with Gasteiger partial charge in [-0.1, -0.05) is 36.4 Å². The predicted molar refractivity (Wildman–Crippen MR) is 98.7 cm³/mol. The van der Waals surface area contributed by atoms with Gasteiger partial charge in [0.25, 0.3) is 0 Å². The summed E-state index contributed by atoms with van der Waals surface area (Å²) in [7, 11) is 0. The molecule has 0 saturated carbocycles. The maximum absolute atomic E-state index is 12.7. The Balaban J connectivity index is 1.58. The van der Waals surface area contributed by atoms with E-state index >= 15 is 0 Å². The number of nitrogens with zero attached hydrogens (tertiary/aromatic N) is 1.